The zero-order valence-electron chi connectivity index (χ0n) is 7.95. The summed E-state index contributed by atoms with van der Waals surface area (Å²) in [6, 6.07) is 7.78. The highest BCUT2D eigenvalue weighted by molar-refractivity contribution is 7.98. The number of benzene rings is 1. The van der Waals surface area contributed by atoms with Gasteiger partial charge in [0, 0.05) is 11.4 Å². The van der Waals surface area contributed by atoms with E-state index in [4.69, 9.17) is 5.73 Å². The Morgan fingerprint density at radius 1 is 1.46 bits per heavy atom. The van der Waals surface area contributed by atoms with Crippen LogP contribution in [0.25, 0.3) is 0 Å². The van der Waals surface area contributed by atoms with Gasteiger partial charge in [-0.25, -0.2) is 0 Å². The molecule has 1 unspecified atom stereocenters. The molecule has 3 N–H and O–H groups in total. The van der Waals surface area contributed by atoms with Crippen molar-refractivity contribution in [3.63, 3.8) is 0 Å². The molecule has 72 valence electrons. The molecule has 0 radical (unpaired) electrons. The first kappa shape index (κ1) is 10.6. The van der Waals surface area contributed by atoms with E-state index in [0.29, 0.717) is 0 Å². The normalized spacial score (nSPS) is 15.4. The summed E-state index contributed by atoms with van der Waals surface area (Å²) in [6.07, 6.45) is 1.99. The third kappa shape index (κ3) is 2.24. The Kier molecular flexibility index (Phi) is 3.36. The molecule has 1 aromatic rings. The second-order valence-corrected chi connectivity index (χ2v) is 4.03. The second kappa shape index (κ2) is 4.13. The Bertz CT molecular complexity index is 286. The lowest BCUT2D eigenvalue weighted by Gasteiger charge is -2.23. The number of thioether (sulfide) groups is 1. The van der Waals surface area contributed by atoms with Crippen LogP contribution >= 0.6 is 11.8 Å². The van der Waals surface area contributed by atoms with Crippen LogP contribution < -0.4 is 5.73 Å². The van der Waals surface area contributed by atoms with Crippen LogP contribution in [0.3, 0.4) is 0 Å². The van der Waals surface area contributed by atoms with Crippen molar-refractivity contribution in [2.75, 3.05) is 12.8 Å². The molecule has 2 nitrogen and oxygen atoms in total. The van der Waals surface area contributed by atoms with E-state index < -0.39 is 5.60 Å². The van der Waals surface area contributed by atoms with Crippen LogP contribution in [0.15, 0.2) is 29.2 Å². The van der Waals surface area contributed by atoms with Crippen molar-refractivity contribution in [2.45, 2.75) is 17.4 Å². The van der Waals surface area contributed by atoms with E-state index in [9.17, 15) is 5.11 Å². The van der Waals surface area contributed by atoms with Crippen LogP contribution in [0.2, 0.25) is 0 Å². The van der Waals surface area contributed by atoms with Crippen LogP contribution in [-0.2, 0) is 5.60 Å². The largest absolute Gasteiger partial charge is 0.384 e. The molecule has 0 aliphatic heterocycles. The minimum Gasteiger partial charge on any atom is -0.384 e. The van der Waals surface area contributed by atoms with Gasteiger partial charge in [-0.1, -0.05) is 18.2 Å². The highest BCUT2D eigenvalue weighted by Crippen LogP contribution is 2.28. The fourth-order valence-corrected chi connectivity index (χ4v) is 1.92. The summed E-state index contributed by atoms with van der Waals surface area (Å²) < 4.78 is 0. The molecule has 1 atom stereocenters. The van der Waals surface area contributed by atoms with Gasteiger partial charge in [0.1, 0.15) is 5.60 Å². The number of nitrogens with two attached hydrogens (primary N) is 1. The lowest BCUT2D eigenvalue weighted by molar-refractivity contribution is 0.0641. The highest BCUT2D eigenvalue weighted by atomic mass is 32.2. The Hall–Kier alpha value is -0.510. The first-order valence-electron chi connectivity index (χ1n) is 4.18. The first-order chi connectivity index (χ1) is 6.11. The van der Waals surface area contributed by atoms with Crippen molar-refractivity contribution < 1.29 is 5.11 Å². The van der Waals surface area contributed by atoms with E-state index in [1.54, 1.807) is 18.7 Å². The maximum Gasteiger partial charge on any atom is 0.100 e. The molecule has 0 spiro atoms. The van der Waals surface area contributed by atoms with Gasteiger partial charge in [0.15, 0.2) is 0 Å². The molecule has 0 saturated heterocycles. The summed E-state index contributed by atoms with van der Waals surface area (Å²) in [5, 5.41) is 9.97. The third-order valence-corrected chi connectivity index (χ3v) is 2.88. The smallest absolute Gasteiger partial charge is 0.100 e. The van der Waals surface area contributed by atoms with Crippen molar-refractivity contribution in [3.05, 3.63) is 29.8 Å². The predicted molar refractivity (Wildman–Crippen MR) is 56.8 cm³/mol. The van der Waals surface area contributed by atoms with E-state index in [1.165, 1.54) is 0 Å². The van der Waals surface area contributed by atoms with Gasteiger partial charge in [-0.3, -0.25) is 0 Å². The molecule has 0 aliphatic rings. The number of hydrogen-bond donors (Lipinski definition) is 2. The van der Waals surface area contributed by atoms with Crippen molar-refractivity contribution in [1.29, 1.82) is 0 Å². The van der Waals surface area contributed by atoms with Crippen molar-refractivity contribution in [1.82, 2.24) is 0 Å². The van der Waals surface area contributed by atoms with Crippen LogP contribution in [0.5, 0.6) is 0 Å². The Morgan fingerprint density at radius 2 is 2.08 bits per heavy atom. The van der Waals surface area contributed by atoms with Crippen LogP contribution in [-0.4, -0.2) is 17.9 Å². The van der Waals surface area contributed by atoms with Gasteiger partial charge in [0.05, 0.1) is 0 Å². The fraction of sp³-hybridized carbons (Fsp3) is 0.400. The number of hydrogen-bond acceptors (Lipinski definition) is 3. The predicted octanol–water partition coefficient (Wildman–Crippen LogP) is 1.57. The molecule has 0 aliphatic carbocycles. The summed E-state index contributed by atoms with van der Waals surface area (Å²) in [6.45, 7) is 1.98. The van der Waals surface area contributed by atoms with Crippen LogP contribution in [0, 0.1) is 0 Å². The van der Waals surface area contributed by atoms with Crippen LogP contribution in [0.4, 0.5) is 0 Å². The number of aliphatic hydroxyl groups is 1. The molecule has 0 bridgehead atoms. The molecular formula is C10H15NOS. The van der Waals surface area contributed by atoms with Gasteiger partial charge in [-0.2, -0.15) is 0 Å². The van der Waals surface area contributed by atoms with E-state index in [2.05, 4.69) is 0 Å². The SMILES string of the molecule is CSc1ccccc1C(C)(O)CN. The van der Waals surface area contributed by atoms with Gasteiger partial charge < -0.3 is 10.8 Å². The molecule has 1 aromatic carbocycles. The molecule has 0 heterocycles. The molecule has 0 amide bonds. The summed E-state index contributed by atoms with van der Waals surface area (Å²) in [5.41, 5.74) is 5.49. The minimum absolute atomic E-state index is 0.241. The molecule has 0 aromatic heterocycles. The van der Waals surface area contributed by atoms with Crippen molar-refractivity contribution >= 4 is 11.8 Å². The molecule has 13 heavy (non-hydrogen) atoms. The molecule has 0 saturated carbocycles. The van der Waals surface area contributed by atoms with Gasteiger partial charge >= 0.3 is 0 Å². The number of rotatable bonds is 3. The van der Waals surface area contributed by atoms with Gasteiger partial charge in [0.2, 0.25) is 0 Å². The lowest BCUT2D eigenvalue weighted by Crippen LogP contribution is -2.31. The monoisotopic (exact) mass is 197 g/mol. The van der Waals surface area contributed by atoms with E-state index in [-0.39, 0.29) is 6.54 Å². The summed E-state index contributed by atoms with van der Waals surface area (Å²) >= 11 is 1.62. The Balaban J connectivity index is 3.12. The van der Waals surface area contributed by atoms with E-state index >= 15 is 0 Å². The molecule has 0 fully saturated rings. The van der Waals surface area contributed by atoms with Crippen molar-refractivity contribution in [2.24, 2.45) is 5.73 Å². The van der Waals surface area contributed by atoms with E-state index in [1.807, 2.05) is 30.5 Å². The first-order valence-corrected chi connectivity index (χ1v) is 5.40. The van der Waals surface area contributed by atoms with Gasteiger partial charge in [-0.15, -0.1) is 11.8 Å². The highest BCUT2D eigenvalue weighted by Gasteiger charge is 2.23. The zero-order chi connectivity index (χ0) is 9.90. The average Bonchev–Trinajstić information content (AvgIpc) is 2.18. The summed E-state index contributed by atoms with van der Waals surface area (Å²) in [4.78, 5) is 1.08. The Labute approximate surface area is 83.1 Å². The summed E-state index contributed by atoms with van der Waals surface area (Å²) in [5.74, 6) is 0. The van der Waals surface area contributed by atoms with Gasteiger partial charge in [-0.05, 0) is 24.8 Å². The quantitative estimate of drug-likeness (QED) is 0.723. The Morgan fingerprint density at radius 3 is 2.62 bits per heavy atom. The standard InChI is InChI=1S/C10H15NOS/c1-10(12,7-11)8-5-3-4-6-9(8)13-2/h3-6,12H,7,11H2,1-2H3. The third-order valence-electron chi connectivity index (χ3n) is 2.08. The topological polar surface area (TPSA) is 46.2 Å². The van der Waals surface area contributed by atoms with Gasteiger partial charge in [0.25, 0.3) is 0 Å². The zero-order valence-corrected chi connectivity index (χ0v) is 8.77. The summed E-state index contributed by atoms with van der Waals surface area (Å²) in [7, 11) is 0. The van der Waals surface area contributed by atoms with Crippen LogP contribution in [0.1, 0.15) is 12.5 Å². The lowest BCUT2D eigenvalue weighted by atomic mass is 9.96. The second-order valence-electron chi connectivity index (χ2n) is 3.18. The fourth-order valence-electron chi connectivity index (χ4n) is 1.20. The van der Waals surface area contributed by atoms with E-state index in [0.717, 1.165) is 10.5 Å². The average molecular weight is 197 g/mol. The maximum absolute atomic E-state index is 9.97. The van der Waals surface area contributed by atoms with Crippen molar-refractivity contribution in [3.8, 4) is 0 Å². The minimum atomic E-state index is -0.917. The maximum atomic E-state index is 9.97. The molecular weight excluding hydrogens is 182 g/mol. The molecule has 1 rings (SSSR count). The molecule has 3 heteroatoms.